The number of rotatable bonds is 2. The van der Waals surface area contributed by atoms with E-state index < -0.39 is 6.04 Å². The Kier molecular flexibility index (Phi) is 4.45. The van der Waals surface area contributed by atoms with E-state index in [2.05, 4.69) is 4.98 Å². The highest BCUT2D eigenvalue weighted by Crippen LogP contribution is 2.41. The number of anilines is 1. The first-order valence-electron chi connectivity index (χ1n) is 9.95. The molecule has 0 aliphatic carbocycles. The molecule has 1 aliphatic rings. The fraction of sp³-hybridized carbons (Fsp3) is 0.160. The Morgan fingerprint density at radius 3 is 2.39 bits per heavy atom. The highest BCUT2D eigenvalue weighted by Gasteiger charge is 2.44. The highest BCUT2D eigenvalue weighted by molar-refractivity contribution is 6.30. The Balaban J connectivity index is 1.83. The first-order valence-corrected chi connectivity index (χ1v) is 10.3. The van der Waals surface area contributed by atoms with Crippen LogP contribution in [0.25, 0.3) is 11.0 Å². The molecule has 1 aliphatic heterocycles. The first kappa shape index (κ1) is 19.5. The summed E-state index contributed by atoms with van der Waals surface area (Å²) < 4.78 is 6.05. The number of halogens is 1. The average molecular weight is 431 g/mol. The minimum Gasteiger partial charge on any atom is -0.450 e. The van der Waals surface area contributed by atoms with Gasteiger partial charge in [-0.05, 0) is 79.4 Å². The van der Waals surface area contributed by atoms with E-state index in [1.165, 1.54) is 4.90 Å². The monoisotopic (exact) mass is 430 g/mol. The minimum absolute atomic E-state index is 0.0593. The molecular formula is C25H19ClN2O3. The van der Waals surface area contributed by atoms with Crippen LogP contribution in [0.15, 0.2) is 63.9 Å². The molecule has 0 unspecified atom stereocenters. The van der Waals surface area contributed by atoms with E-state index in [1.807, 2.05) is 57.2 Å². The summed E-state index contributed by atoms with van der Waals surface area (Å²) in [4.78, 5) is 33.1. The van der Waals surface area contributed by atoms with Crippen molar-refractivity contribution >= 4 is 34.3 Å². The van der Waals surface area contributed by atoms with Crippen LogP contribution < -0.4 is 10.3 Å². The molecule has 5 nitrogen and oxygen atoms in total. The second kappa shape index (κ2) is 7.06. The van der Waals surface area contributed by atoms with E-state index >= 15 is 0 Å². The number of carbonyl (C=O) groups is 1. The number of benzene rings is 2. The lowest BCUT2D eigenvalue weighted by atomic mass is 9.97. The van der Waals surface area contributed by atoms with Crippen molar-refractivity contribution in [2.24, 2.45) is 0 Å². The van der Waals surface area contributed by atoms with Crippen molar-refractivity contribution in [2.75, 3.05) is 4.90 Å². The van der Waals surface area contributed by atoms with E-state index in [4.69, 9.17) is 16.0 Å². The number of nitrogens with zero attached hydrogens (tertiary/aromatic N) is 2. The molecule has 4 aromatic rings. The third-order valence-corrected chi connectivity index (χ3v) is 6.07. The first-order chi connectivity index (χ1) is 14.8. The van der Waals surface area contributed by atoms with Crippen LogP contribution in [-0.2, 0) is 0 Å². The van der Waals surface area contributed by atoms with Gasteiger partial charge in [-0.2, -0.15) is 0 Å². The van der Waals surface area contributed by atoms with Crippen molar-refractivity contribution in [3.63, 3.8) is 0 Å². The van der Waals surface area contributed by atoms with Crippen molar-refractivity contribution in [1.29, 1.82) is 0 Å². The van der Waals surface area contributed by atoms with Crippen LogP contribution in [0.1, 0.15) is 44.4 Å². The van der Waals surface area contributed by atoms with Gasteiger partial charge in [0.15, 0.2) is 5.43 Å². The Hall–Kier alpha value is -3.44. The lowest BCUT2D eigenvalue weighted by Gasteiger charge is -2.24. The third-order valence-electron chi connectivity index (χ3n) is 5.82. The van der Waals surface area contributed by atoms with Crippen molar-refractivity contribution in [2.45, 2.75) is 26.8 Å². The van der Waals surface area contributed by atoms with Gasteiger partial charge in [0.2, 0.25) is 5.76 Å². The summed E-state index contributed by atoms with van der Waals surface area (Å²) in [6, 6.07) is 13.8. The summed E-state index contributed by atoms with van der Waals surface area (Å²) in [7, 11) is 0. The van der Waals surface area contributed by atoms with Gasteiger partial charge in [-0.15, -0.1) is 0 Å². The predicted molar refractivity (Wildman–Crippen MR) is 121 cm³/mol. The van der Waals surface area contributed by atoms with Crippen LogP contribution in [0.5, 0.6) is 0 Å². The van der Waals surface area contributed by atoms with E-state index in [0.717, 1.165) is 22.3 Å². The van der Waals surface area contributed by atoms with Gasteiger partial charge in [-0.25, -0.2) is 4.98 Å². The average Bonchev–Trinajstić information content (AvgIpc) is 3.03. The molecule has 0 saturated carbocycles. The molecule has 3 heterocycles. The van der Waals surface area contributed by atoms with E-state index in [-0.39, 0.29) is 17.1 Å². The van der Waals surface area contributed by atoms with Gasteiger partial charge in [-0.1, -0.05) is 23.7 Å². The summed E-state index contributed by atoms with van der Waals surface area (Å²) in [6.07, 6.45) is 1.65. The molecule has 0 saturated heterocycles. The molecule has 6 heteroatoms. The summed E-state index contributed by atoms with van der Waals surface area (Å²) in [5, 5.41) is 1.04. The number of hydrogen-bond acceptors (Lipinski definition) is 4. The Labute approximate surface area is 183 Å². The maximum absolute atomic E-state index is 13.6. The summed E-state index contributed by atoms with van der Waals surface area (Å²) in [6.45, 7) is 5.83. The molecule has 0 bridgehead atoms. The van der Waals surface area contributed by atoms with Crippen LogP contribution in [0, 0.1) is 20.8 Å². The molecule has 1 amide bonds. The molecule has 0 N–H and O–H groups in total. The van der Waals surface area contributed by atoms with Gasteiger partial charge in [0.1, 0.15) is 11.4 Å². The Bertz CT molecular complexity index is 1420. The van der Waals surface area contributed by atoms with Crippen LogP contribution in [0.4, 0.5) is 5.82 Å². The van der Waals surface area contributed by atoms with Gasteiger partial charge < -0.3 is 4.42 Å². The van der Waals surface area contributed by atoms with E-state index in [9.17, 15) is 9.59 Å². The lowest BCUT2D eigenvalue weighted by Crippen LogP contribution is -2.30. The second-order valence-electron chi connectivity index (χ2n) is 7.93. The zero-order valence-corrected chi connectivity index (χ0v) is 18.0. The van der Waals surface area contributed by atoms with Crippen LogP contribution >= 0.6 is 11.6 Å². The van der Waals surface area contributed by atoms with Gasteiger partial charge in [-0.3, -0.25) is 14.5 Å². The largest absolute Gasteiger partial charge is 0.450 e. The lowest BCUT2D eigenvalue weighted by molar-refractivity contribution is 0.0970. The number of hydrogen-bond donors (Lipinski definition) is 0. The summed E-state index contributed by atoms with van der Waals surface area (Å²) in [5.74, 6) is 0.140. The fourth-order valence-corrected chi connectivity index (χ4v) is 4.20. The molecule has 0 fully saturated rings. The SMILES string of the molecule is Cc1ccnc(N2C(=O)c3oc4cc(C)c(C)cc4c(=O)c3[C@@H]2c2ccc(Cl)cc2)c1. The van der Waals surface area contributed by atoms with Crippen molar-refractivity contribution < 1.29 is 9.21 Å². The van der Waals surface area contributed by atoms with Crippen LogP contribution in [0.2, 0.25) is 5.02 Å². The smallest absolute Gasteiger partial charge is 0.296 e. The maximum atomic E-state index is 13.6. The number of pyridine rings is 1. The molecule has 5 rings (SSSR count). The van der Waals surface area contributed by atoms with Gasteiger partial charge in [0, 0.05) is 11.2 Å². The molecular weight excluding hydrogens is 412 g/mol. The minimum atomic E-state index is -0.656. The number of aromatic nitrogens is 1. The molecule has 0 radical (unpaired) electrons. The van der Waals surface area contributed by atoms with Gasteiger partial charge >= 0.3 is 0 Å². The number of fused-ring (bicyclic) bond motifs is 2. The summed E-state index contributed by atoms with van der Waals surface area (Å²) in [5.41, 5.74) is 4.23. The zero-order valence-electron chi connectivity index (χ0n) is 17.3. The van der Waals surface area contributed by atoms with Crippen molar-refractivity contribution in [3.8, 4) is 0 Å². The normalized spacial score (nSPS) is 15.5. The molecule has 31 heavy (non-hydrogen) atoms. The van der Waals surface area contributed by atoms with Gasteiger partial charge in [0.05, 0.1) is 17.0 Å². The molecule has 2 aromatic carbocycles. The molecule has 154 valence electrons. The second-order valence-corrected chi connectivity index (χ2v) is 8.36. The number of aryl methyl sites for hydroxylation is 3. The highest BCUT2D eigenvalue weighted by atomic mass is 35.5. The Morgan fingerprint density at radius 1 is 0.968 bits per heavy atom. The topological polar surface area (TPSA) is 63.4 Å². The van der Waals surface area contributed by atoms with E-state index in [0.29, 0.717) is 27.4 Å². The quantitative estimate of drug-likeness (QED) is 0.420. The van der Waals surface area contributed by atoms with Gasteiger partial charge in [0.25, 0.3) is 5.91 Å². The fourth-order valence-electron chi connectivity index (χ4n) is 4.08. The van der Waals surface area contributed by atoms with E-state index in [1.54, 1.807) is 18.3 Å². The Morgan fingerprint density at radius 2 is 1.68 bits per heavy atom. The predicted octanol–water partition coefficient (Wildman–Crippen LogP) is 5.52. The molecule has 0 spiro atoms. The standard InChI is InChI=1S/C25H19ClN2O3/c1-13-8-9-27-20(10-13)28-22(16-4-6-17(26)7-5-16)21-23(29)18-11-14(2)15(3)12-19(18)31-24(21)25(28)30/h4-12,22H,1-3H3/t22-/m0/s1. The maximum Gasteiger partial charge on any atom is 0.296 e. The number of carbonyl (C=O) groups excluding carboxylic acids is 1. The van der Waals surface area contributed by atoms with Crippen LogP contribution in [-0.4, -0.2) is 10.9 Å². The molecule has 2 aromatic heterocycles. The van der Waals surface area contributed by atoms with Crippen molar-refractivity contribution in [1.82, 2.24) is 4.98 Å². The molecule has 1 atom stereocenters. The zero-order chi connectivity index (χ0) is 21.9. The van der Waals surface area contributed by atoms with Crippen LogP contribution in [0.3, 0.4) is 0 Å². The third kappa shape index (κ3) is 3.04. The summed E-state index contributed by atoms with van der Waals surface area (Å²) >= 11 is 6.09. The van der Waals surface area contributed by atoms with Crippen molar-refractivity contribution in [3.05, 3.63) is 104 Å². The number of amides is 1.